The van der Waals surface area contributed by atoms with E-state index in [2.05, 4.69) is 34.6 Å². The van der Waals surface area contributed by atoms with E-state index in [4.69, 9.17) is 0 Å². The molecule has 4 aromatic rings. The quantitative estimate of drug-likeness (QED) is 0.518. The number of hydrogen-bond acceptors (Lipinski definition) is 5. The predicted molar refractivity (Wildman–Crippen MR) is 120 cm³/mol. The Morgan fingerprint density at radius 3 is 2.77 bits per heavy atom. The van der Waals surface area contributed by atoms with Crippen molar-refractivity contribution in [2.45, 2.75) is 31.0 Å². The third-order valence-corrected chi connectivity index (χ3v) is 6.80. The van der Waals surface area contributed by atoms with Gasteiger partial charge in [-0.25, -0.2) is 4.79 Å². The lowest BCUT2D eigenvalue weighted by Gasteiger charge is -2.16. The molecule has 0 spiro atoms. The van der Waals surface area contributed by atoms with Crippen LogP contribution in [0.3, 0.4) is 0 Å². The van der Waals surface area contributed by atoms with Gasteiger partial charge in [0.1, 0.15) is 11.7 Å². The van der Waals surface area contributed by atoms with Crippen LogP contribution in [-0.4, -0.2) is 36.4 Å². The van der Waals surface area contributed by atoms with E-state index in [9.17, 15) is 14.7 Å². The van der Waals surface area contributed by atoms with Gasteiger partial charge >= 0.3 is 5.97 Å². The Kier molecular flexibility index (Phi) is 4.86. The van der Waals surface area contributed by atoms with E-state index in [-0.39, 0.29) is 5.56 Å². The SMILES string of the molecule is CCn1cc(-c2c(Cc3cccc4ccccc34)cc(=O)n3c2SC[C@H]3C(=O)O)nn1. The minimum absolute atomic E-state index is 0.297. The lowest BCUT2D eigenvalue weighted by atomic mass is 9.95. The summed E-state index contributed by atoms with van der Waals surface area (Å²) in [6.07, 6.45) is 2.39. The Bertz CT molecular complexity index is 1370. The molecule has 1 aliphatic rings. The molecule has 1 N–H and O–H groups in total. The smallest absolute Gasteiger partial charge is 0.327 e. The van der Waals surface area contributed by atoms with E-state index in [1.807, 2.05) is 31.3 Å². The first kappa shape index (κ1) is 19.6. The molecule has 7 nitrogen and oxygen atoms in total. The zero-order chi connectivity index (χ0) is 21.5. The van der Waals surface area contributed by atoms with E-state index >= 15 is 0 Å². The van der Waals surface area contributed by atoms with Gasteiger partial charge in [0.2, 0.25) is 0 Å². The van der Waals surface area contributed by atoms with Crippen LogP contribution in [-0.2, 0) is 17.8 Å². The molecule has 5 rings (SSSR count). The van der Waals surface area contributed by atoms with Crippen LogP contribution in [0, 0.1) is 0 Å². The van der Waals surface area contributed by atoms with Crippen LogP contribution in [0.25, 0.3) is 22.0 Å². The number of thioether (sulfide) groups is 1. The highest BCUT2D eigenvalue weighted by molar-refractivity contribution is 7.99. The summed E-state index contributed by atoms with van der Waals surface area (Å²) < 4.78 is 3.12. The van der Waals surface area contributed by atoms with Crippen molar-refractivity contribution in [2.24, 2.45) is 0 Å². The van der Waals surface area contributed by atoms with E-state index in [0.29, 0.717) is 29.4 Å². The largest absolute Gasteiger partial charge is 0.480 e. The van der Waals surface area contributed by atoms with Crippen LogP contribution in [0.4, 0.5) is 0 Å². The highest BCUT2D eigenvalue weighted by atomic mass is 32.2. The molecule has 0 bridgehead atoms. The average molecular weight is 433 g/mol. The van der Waals surface area contributed by atoms with Gasteiger partial charge in [-0.1, -0.05) is 47.7 Å². The van der Waals surface area contributed by atoms with Gasteiger partial charge in [-0.15, -0.1) is 16.9 Å². The Hall–Kier alpha value is -3.39. The molecule has 0 aliphatic carbocycles. The third-order valence-electron chi connectivity index (χ3n) is 5.64. The molecule has 8 heteroatoms. The standard InChI is InChI=1S/C23H20N4O3S/c1-2-26-12-18(24-25-26)21-16(10-15-8-5-7-14-6-3-4-9-17(14)15)11-20(28)27-19(23(29)30)13-31-22(21)27/h3-9,11-12,19H,2,10,13H2,1H3,(H,29,30)/t19-/m0/s1. The van der Waals surface area contributed by atoms with Gasteiger partial charge in [-0.3, -0.25) is 14.0 Å². The number of fused-ring (bicyclic) bond motifs is 2. The Balaban J connectivity index is 1.72. The number of aryl methyl sites for hydroxylation is 1. The highest BCUT2D eigenvalue weighted by Gasteiger charge is 2.33. The molecular weight excluding hydrogens is 412 g/mol. The first-order valence-electron chi connectivity index (χ1n) is 10.1. The predicted octanol–water partition coefficient (Wildman–Crippen LogP) is 3.60. The van der Waals surface area contributed by atoms with Crippen molar-refractivity contribution >= 4 is 28.5 Å². The van der Waals surface area contributed by atoms with E-state index in [0.717, 1.165) is 27.5 Å². The summed E-state index contributed by atoms with van der Waals surface area (Å²) in [4.78, 5) is 24.7. The molecule has 0 radical (unpaired) electrons. The summed E-state index contributed by atoms with van der Waals surface area (Å²) in [5.41, 5.74) is 3.08. The summed E-state index contributed by atoms with van der Waals surface area (Å²) in [5, 5.41) is 21.0. The number of carboxylic acids is 1. The summed E-state index contributed by atoms with van der Waals surface area (Å²) in [5.74, 6) is -0.685. The number of carboxylic acid groups (broad SMARTS) is 1. The molecule has 1 atom stereocenters. The second-order valence-corrected chi connectivity index (χ2v) is 8.51. The molecule has 1 aliphatic heterocycles. The van der Waals surface area contributed by atoms with Crippen molar-refractivity contribution in [3.8, 4) is 11.3 Å². The molecule has 0 saturated carbocycles. The molecule has 3 heterocycles. The maximum atomic E-state index is 13.0. The zero-order valence-corrected chi connectivity index (χ0v) is 17.7. The maximum absolute atomic E-state index is 13.0. The monoisotopic (exact) mass is 432 g/mol. The number of hydrogen-bond donors (Lipinski definition) is 1. The molecule has 2 aromatic carbocycles. The number of benzene rings is 2. The van der Waals surface area contributed by atoms with Gasteiger partial charge in [-0.05, 0) is 35.2 Å². The van der Waals surface area contributed by atoms with Crippen molar-refractivity contribution < 1.29 is 9.90 Å². The first-order valence-corrected chi connectivity index (χ1v) is 11.1. The van der Waals surface area contributed by atoms with Gasteiger partial charge < -0.3 is 5.11 Å². The third kappa shape index (κ3) is 3.33. The molecule has 0 saturated heterocycles. The van der Waals surface area contributed by atoms with Crippen LogP contribution in [0.2, 0.25) is 0 Å². The molecule has 156 valence electrons. The number of rotatable bonds is 5. The van der Waals surface area contributed by atoms with Crippen LogP contribution in [0.1, 0.15) is 24.1 Å². The minimum atomic E-state index is -1.00. The first-order chi connectivity index (χ1) is 15.1. The number of pyridine rings is 1. The van der Waals surface area contributed by atoms with Crippen molar-refractivity contribution in [2.75, 3.05) is 5.75 Å². The zero-order valence-electron chi connectivity index (χ0n) is 16.9. The highest BCUT2D eigenvalue weighted by Crippen LogP contribution is 2.41. The molecular formula is C23H20N4O3S. The summed E-state index contributed by atoms with van der Waals surface area (Å²) in [6.45, 7) is 2.65. The topological polar surface area (TPSA) is 90.0 Å². The van der Waals surface area contributed by atoms with Gasteiger partial charge in [0, 0.05) is 23.9 Å². The number of aliphatic carboxylic acids is 1. The molecule has 0 fully saturated rings. The summed E-state index contributed by atoms with van der Waals surface area (Å²) >= 11 is 1.39. The number of carbonyl (C=O) groups is 1. The lowest BCUT2D eigenvalue weighted by molar-refractivity contribution is -0.140. The normalized spacial score (nSPS) is 15.3. The van der Waals surface area contributed by atoms with Gasteiger partial charge in [0.25, 0.3) is 5.56 Å². The van der Waals surface area contributed by atoms with Crippen LogP contribution >= 0.6 is 11.8 Å². The van der Waals surface area contributed by atoms with Crippen LogP contribution in [0.5, 0.6) is 0 Å². The number of aromatic nitrogens is 4. The van der Waals surface area contributed by atoms with Crippen molar-refractivity contribution in [3.05, 3.63) is 76.2 Å². The van der Waals surface area contributed by atoms with Gasteiger partial charge in [-0.2, -0.15) is 0 Å². The Morgan fingerprint density at radius 1 is 1.19 bits per heavy atom. The fraction of sp³-hybridized carbons (Fsp3) is 0.217. The Labute approximate surface area is 182 Å². The van der Waals surface area contributed by atoms with Crippen molar-refractivity contribution in [3.63, 3.8) is 0 Å². The van der Waals surface area contributed by atoms with Crippen LogP contribution < -0.4 is 5.56 Å². The number of nitrogens with zero attached hydrogens (tertiary/aromatic N) is 4. The fourth-order valence-corrected chi connectivity index (χ4v) is 5.48. The summed E-state index contributed by atoms with van der Waals surface area (Å²) in [7, 11) is 0. The minimum Gasteiger partial charge on any atom is -0.480 e. The van der Waals surface area contributed by atoms with E-state index < -0.39 is 12.0 Å². The van der Waals surface area contributed by atoms with E-state index in [1.165, 1.54) is 16.3 Å². The van der Waals surface area contributed by atoms with Gasteiger partial charge in [0.05, 0.1) is 11.2 Å². The van der Waals surface area contributed by atoms with E-state index in [1.54, 1.807) is 10.7 Å². The average Bonchev–Trinajstić information content (AvgIpc) is 3.42. The van der Waals surface area contributed by atoms with Crippen LogP contribution in [0.15, 0.2) is 64.5 Å². The molecule has 0 unspecified atom stereocenters. The molecule has 31 heavy (non-hydrogen) atoms. The lowest BCUT2D eigenvalue weighted by Crippen LogP contribution is -2.29. The Morgan fingerprint density at radius 2 is 2.00 bits per heavy atom. The molecule has 0 amide bonds. The second kappa shape index (κ2) is 7.70. The van der Waals surface area contributed by atoms with Crippen molar-refractivity contribution in [1.29, 1.82) is 0 Å². The van der Waals surface area contributed by atoms with Gasteiger partial charge in [0.15, 0.2) is 0 Å². The second-order valence-electron chi connectivity index (χ2n) is 7.50. The fourth-order valence-electron chi connectivity index (χ4n) is 4.13. The van der Waals surface area contributed by atoms with Crippen molar-refractivity contribution in [1.82, 2.24) is 19.6 Å². The maximum Gasteiger partial charge on any atom is 0.327 e. The molecule has 2 aromatic heterocycles. The summed E-state index contributed by atoms with van der Waals surface area (Å²) in [6, 6.07) is 15.0.